The first-order valence-corrected chi connectivity index (χ1v) is 9.55. The summed E-state index contributed by atoms with van der Waals surface area (Å²) in [4.78, 5) is 18.2. The molecule has 0 radical (unpaired) electrons. The zero-order valence-corrected chi connectivity index (χ0v) is 15.6. The number of rotatable bonds is 5. The highest BCUT2D eigenvalue weighted by molar-refractivity contribution is 6.01. The number of phenolic OH excluding ortho intramolecular Hbond substituents is 1. The lowest BCUT2D eigenvalue weighted by molar-refractivity contribution is 0.474. The minimum absolute atomic E-state index is 0.201. The molecular weight excluding hydrogens is 342 g/mol. The smallest absolute Gasteiger partial charge is 0.250 e. The van der Waals surface area contributed by atoms with Crippen molar-refractivity contribution in [2.45, 2.75) is 32.6 Å². The van der Waals surface area contributed by atoms with Crippen molar-refractivity contribution in [1.82, 2.24) is 15.0 Å². The van der Waals surface area contributed by atoms with Crippen molar-refractivity contribution in [3.63, 3.8) is 0 Å². The van der Waals surface area contributed by atoms with E-state index in [1.165, 1.54) is 0 Å². The molecule has 2 saturated heterocycles. The maximum atomic E-state index is 9.99. The molecule has 0 spiro atoms. The molecule has 4 rings (SSSR count). The summed E-state index contributed by atoms with van der Waals surface area (Å²) in [5.74, 6) is 2.06. The lowest BCUT2D eigenvalue weighted by Crippen LogP contribution is -2.25. The maximum absolute atomic E-state index is 9.99. The van der Waals surface area contributed by atoms with Gasteiger partial charge in [-0.05, 0) is 44.7 Å². The van der Waals surface area contributed by atoms with Gasteiger partial charge in [0.2, 0.25) is 17.8 Å². The SMILES string of the molecule is C/C(=N\Nc1nc(N2CCCC2)nc(N2CCCC2)n1)c1ccccc1O. The third-order valence-corrected chi connectivity index (χ3v) is 5.01. The molecule has 27 heavy (non-hydrogen) atoms. The molecule has 142 valence electrons. The fourth-order valence-corrected chi connectivity index (χ4v) is 3.49. The van der Waals surface area contributed by atoms with Gasteiger partial charge < -0.3 is 14.9 Å². The summed E-state index contributed by atoms with van der Waals surface area (Å²) in [6, 6.07) is 7.13. The van der Waals surface area contributed by atoms with Gasteiger partial charge >= 0.3 is 0 Å². The number of hydrogen-bond acceptors (Lipinski definition) is 8. The molecule has 0 amide bonds. The van der Waals surface area contributed by atoms with Crippen LogP contribution in [0.15, 0.2) is 29.4 Å². The van der Waals surface area contributed by atoms with Crippen LogP contribution in [-0.2, 0) is 0 Å². The van der Waals surface area contributed by atoms with Gasteiger partial charge in [0.05, 0.1) is 5.71 Å². The fraction of sp³-hybridized carbons (Fsp3) is 0.474. The molecule has 8 nitrogen and oxygen atoms in total. The van der Waals surface area contributed by atoms with Crippen LogP contribution in [0.5, 0.6) is 5.75 Å². The molecule has 1 aromatic heterocycles. The van der Waals surface area contributed by atoms with E-state index in [9.17, 15) is 5.11 Å². The van der Waals surface area contributed by atoms with E-state index < -0.39 is 0 Å². The van der Waals surface area contributed by atoms with Crippen molar-refractivity contribution < 1.29 is 5.11 Å². The summed E-state index contributed by atoms with van der Waals surface area (Å²) < 4.78 is 0. The van der Waals surface area contributed by atoms with Crippen LogP contribution in [-0.4, -0.2) is 51.9 Å². The monoisotopic (exact) mass is 367 g/mol. The molecule has 0 saturated carbocycles. The van der Waals surface area contributed by atoms with Gasteiger partial charge in [-0.2, -0.15) is 20.1 Å². The van der Waals surface area contributed by atoms with Crippen LogP contribution in [0.4, 0.5) is 17.8 Å². The Hall–Kier alpha value is -2.90. The number of benzene rings is 1. The van der Waals surface area contributed by atoms with E-state index in [1.807, 2.05) is 19.1 Å². The molecule has 2 aliphatic rings. The first-order valence-electron chi connectivity index (χ1n) is 9.55. The van der Waals surface area contributed by atoms with Crippen LogP contribution >= 0.6 is 0 Å². The summed E-state index contributed by atoms with van der Waals surface area (Å²) in [5, 5.41) is 14.4. The van der Waals surface area contributed by atoms with Gasteiger partial charge in [-0.15, -0.1) is 0 Å². The molecule has 0 bridgehead atoms. The van der Waals surface area contributed by atoms with Gasteiger partial charge in [-0.3, -0.25) is 0 Å². The zero-order valence-electron chi connectivity index (χ0n) is 15.6. The third-order valence-electron chi connectivity index (χ3n) is 5.01. The van der Waals surface area contributed by atoms with Crippen LogP contribution < -0.4 is 15.2 Å². The Labute approximate surface area is 159 Å². The van der Waals surface area contributed by atoms with Gasteiger partial charge in [-0.25, -0.2) is 5.43 Å². The van der Waals surface area contributed by atoms with Gasteiger partial charge in [-0.1, -0.05) is 12.1 Å². The van der Waals surface area contributed by atoms with E-state index in [0.717, 1.165) is 51.9 Å². The Morgan fingerprint density at radius 3 is 2.04 bits per heavy atom. The number of nitrogens with one attached hydrogen (secondary N) is 1. The second-order valence-electron chi connectivity index (χ2n) is 6.97. The van der Waals surface area contributed by atoms with Crippen molar-refractivity contribution in [2.75, 3.05) is 41.4 Å². The van der Waals surface area contributed by atoms with Crippen molar-refractivity contribution in [3.05, 3.63) is 29.8 Å². The quantitative estimate of drug-likeness (QED) is 0.620. The maximum Gasteiger partial charge on any atom is 0.250 e. The predicted molar refractivity (Wildman–Crippen MR) is 107 cm³/mol. The van der Waals surface area contributed by atoms with Crippen LogP contribution in [0.2, 0.25) is 0 Å². The minimum Gasteiger partial charge on any atom is -0.507 e. The number of phenols is 1. The lowest BCUT2D eigenvalue weighted by Gasteiger charge is -2.20. The first kappa shape index (κ1) is 17.5. The van der Waals surface area contributed by atoms with Crippen molar-refractivity contribution in [1.29, 1.82) is 0 Å². The van der Waals surface area contributed by atoms with Crippen LogP contribution in [0.25, 0.3) is 0 Å². The molecule has 0 atom stereocenters. The van der Waals surface area contributed by atoms with Crippen LogP contribution in [0.1, 0.15) is 38.2 Å². The van der Waals surface area contributed by atoms with Gasteiger partial charge in [0.15, 0.2) is 0 Å². The van der Waals surface area contributed by atoms with Gasteiger partial charge in [0, 0.05) is 31.7 Å². The van der Waals surface area contributed by atoms with Gasteiger partial charge in [0.1, 0.15) is 5.75 Å². The molecule has 2 fully saturated rings. The summed E-state index contributed by atoms with van der Waals surface area (Å²) in [6.45, 7) is 5.74. The second-order valence-corrected chi connectivity index (χ2v) is 6.97. The topological polar surface area (TPSA) is 89.8 Å². The highest BCUT2D eigenvalue weighted by Gasteiger charge is 2.21. The van der Waals surface area contributed by atoms with Crippen LogP contribution in [0.3, 0.4) is 0 Å². The highest BCUT2D eigenvalue weighted by atomic mass is 16.3. The Morgan fingerprint density at radius 1 is 0.926 bits per heavy atom. The molecule has 1 aromatic carbocycles. The van der Waals surface area contributed by atoms with Crippen LogP contribution in [0, 0.1) is 0 Å². The van der Waals surface area contributed by atoms with E-state index in [-0.39, 0.29) is 5.75 Å². The molecule has 2 aliphatic heterocycles. The Morgan fingerprint density at radius 2 is 1.48 bits per heavy atom. The molecule has 0 aliphatic carbocycles. The number of aromatic nitrogens is 3. The molecule has 0 unspecified atom stereocenters. The number of aromatic hydroxyl groups is 1. The Kier molecular flexibility index (Phi) is 5.04. The van der Waals surface area contributed by atoms with Crippen molar-refractivity contribution in [3.8, 4) is 5.75 Å². The normalized spacial score (nSPS) is 17.6. The molecule has 3 heterocycles. The zero-order chi connectivity index (χ0) is 18.6. The summed E-state index contributed by atoms with van der Waals surface area (Å²) >= 11 is 0. The predicted octanol–water partition coefficient (Wildman–Crippen LogP) is 2.61. The molecule has 8 heteroatoms. The van der Waals surface area contributed by atoms with Crippen molar-refractivity contribution >= 4 is 23.6 Å². The summed E-state index contributed by atoms with van der Waals surface area (Å²) in [6.07, 6.45) is 4.66. The Balaban J connectivity index is 1.60. The third kappa shape index (κ3) is 3.94. The van der Waals surface area contributed by atoms with E-state index in [0.29, 0.717) is 29.1 Å². The average Bonchev–Trinajstić information content (AvgIpc) is 3.40. The highest BCUT2D eigenvalue weighted by Crippen LogP contribution is 2.23. The van der Waals surface area contributed by atoms with Gasteiger partial charge in [0.25, 0.3) is 0 Å². The minimum atomic E-state index is 0.201. The van der Waals surface area contributed by atoms with E-state index in [4.69, 9.17) is 4.98 Å². The second kappa shape index (κ2) is 7.77. The molecular formula is C19H25N7O. The number of hydrogen-bond donors (Lipinski definition) is 2. The standard InChI is InChI=1S/C19H25N7O/c1-14(15-8-2-3-9-16(15)27)23-24-17-20-18(25-10-4-5-11-25)22-19(21-17)26-12-6-7-13-26/h2-3,8-9,27H,4-7,10-13H2,1H3,(H,20,21,22,24)/b23-14+. The number of para-hydroxylation sites is 1. The van der Waals surface area contributed by atoms with E-state index >= 15 is 0 Å². The molecule has 2 N–H and O–H groups in total. The summed E-state index contributed by atoms with van der Waals surface area (Å²) in [7, 11) is 0. The number of hydrazone groups is 1. The molecule has 2 aromatic rings. The Bertz CT molecular complexity index is 792. The average molecular weight is 367 g/mol. The number of anilines is 3. The fourth-order valence-electron chi connectivity index (χ4n) is 3.49. The van der Waals surface area contributed by atoms with E-state index in [2.05, 4.69) is 30.3 Å². The largest absolute Gasteiger partial charge is 0.507 e. The lowest BCUT2D eigenvalue weighted by atomic mass is 10.1. The first-order chi connectivity index (χ1) is 13.2. The summed E-state index contributed by atoms with van der Waals surface area (Å²) in [5.41, 5.74) is 4.30. The van der Waals surface area contributed by atoms with Crippen molar-refractivity contribution in [2.24, 2.45) is 5.10 Å². The van der Waals surface area contributed by atoms with E-state index in [1.54, 1.807) is 12.1 Å². The number of nitrogens with zero attached hydrogens (tertiary/aromatic N) is 6.